The maximum atomic E-state index is 13.1. The van der Waals surface area contributed by atoms with E-state index in [2.05, 4.69) is 4.74 Å². The molecule has 168 valence electrons. The van der Waals surface area contributed by atoms with Crippen molar-refractivity contribution in [2.45, 2.75) is 51.4 Å². The fourth-order valence-electron chi connectivity index (χ4n) is 1.91. The minimum Gasteiger partial charge on any atom is -0.480 e. The molecule has 1 aromatic rings. The third-order valence-corrected chi connectivity index (χ3v) is 3.18. The van der Waals surface area contributed by atoms with Crippen LogP contribution in [0.3, 0.4) is 0 Å². The van der Waals surface area contributed by atoms with E-state index in [0.29, 0.717) is 5.56 Å². The lowest BCUT2D eigenvalue weighted by Gasteiger charge is -2.25. The number of aliphatic carboxylic acids is 1. The van der Waals surface area contributed by atoms with E-state index in [1.165, 1.54) is 26.1 Å². The molecule has 0 radical (unpaired) electrons. The van der Waals surface area contributed by atoms with Gasteiger partial charge in [-0.3, -0.25) is 5.32 Å². The molecular formula is C18H23F3N2O7. The van der Waals surface area contributed by atoms with Crippen LogP contribution in [0.25, 0.3) is 0 Å². The van der Waals surface area contributed by atoms with E-state index < -0.39 is 48.8 Å². The van der Waals surface area contributed by atoms with Crippen LogP contribution in [0.5, 0.6) is 0 Å². The first-order valence-corrected chi connectivity index (χ1v) is 8.66. The number of carboxylic acid groups (broad SMARTS) is 1. The molecule has 3 N–H and O–H groups in total. The highest BCUT2D eigenvalue weighted by Crippen LogP contribution is 2.21. The summed E-state index contributed by atoms with van der Waals surface area (Å²) in [4.78, 5) is 34.5. The van der Waals surface area contributed by atoms with Crippen molar-refractivity contribution in [1.29, 1.82) is 0 Å². The summed E-state index contributed by atoms with van der Waals surface area (Å²) in [5, 5.41) is 12.4. The van der Waals surface area contributed by atoms with E-state index in [1.54, 1.807) is 30.3 Å². The number of hydrogen-bond donors (Lipinski definition) is 3. The second kappa shape index (κ2) is 10.7. The van der Waals surface area contributed by atoms with E-state index in [-0.39, 0.29) is 6.61 Å². The van der Waals surface area contributed by atoms with Gasteiger partial charge in [0.05, 0.1) is 6.61 Å². The van der Waals surface area contributed by atoms with Gasteiger partial charge in [-0.25, -0.2) is 14.4 Å². The third kappa shape index (κ3) is 9.96. The predicted octanol–water partition coefficient (Wildman–Crippen LogP) is 2.80. The molecule has 0 aliphatic heterocycles. The molecule has 0 bridgehead atoms. The van der Waals surface area contributed by atoms with E-state index >= 15 is 0 Å². The average molecular weight is 436 g/mol. The Labute approximate surface area is 170 Å². The van der Waals surface area contributed by atoms with Crippen molar-refractivity contribution in [1.82, 2.24) is 10.6 Å². The number of benzene rings is 1. The first kappa shape index (κ1) is 25.0. The molecule has 0 aliphatic rings. The van der Waals surface area contributed by atoms with Gasteiger partial charge in [0.15, 0.2) is 6.04 Å². The molecule has 12 heteroatoms. The second-order valence-electron chi connectivity index (χ2n) is 7.00. The molecule has 2 atom stereocenters. The molecule has 9 nitrogen and oxygen atoms in total. The summed E-state index contributed by atoms with van der Waals surface area (Å²) in [5.74, 6) is -1.66. The Bertz CT molecular complexity index is 721. The highest BCUT2D eigenvalue weighted by molar-refractivity contribution is 5.80. The molecule has 0 saturated heterocycles. The second-order valence-corrected chi connectivity index (χ2v) is 7.00. The van der Waals surface area contributed by atoms with Gasteiger partial charge in [-0.2, -0.15) is 13.2 Å². The van der Waals surface area contributed by atoms with Crippen molar-refractivity contribution in [2.24, 2.45) is 0 Å². The Hall–Kier alpha value is -3.02. The molecule has 0 fully saturated rings. The highest BCUT2D eigenvalue weighted by atomic mass is 19.4. The largest absolute Gasteiger partial charge is 0.480 e. The first-order chi connectivity index (χ1) is 13.8. The smallest absolute Gasteiger partial charge is 0.433 e. The lowest BCUT2D eigenvalue weighted by atomic mass is 10.2. The number of rotatable bonds is 8. The minimum absolute atomic E-state index is 0.283. The number of nitrogens with one attached hydrogen (secondary N) is 2. The normalized spacial score (nSPS) is 13.7. The van der Waals surface area contributed by atoms with Crippen LogP contribution in [-0.4, -0.2) is 53.9 Å². The van der Waals surface area contributed by atoms with Gasteiger partial charge in [0.25, 0.3) is 0 Å². The number of amides is 2. The molecule has 1 rings (SSSR count). The maximum Gasteiger partial charge on any atom is 0.433 e. The summed E-state index contributed by atoms with van der Waals surface area (Å²) in [6.07, 6.45) is -10.5. The Morgan fingerprint density at radius 3 is 2.13 bits per heavy atom. The zero-order valence-electron chi connectivity index (χ0n) is 16.5. The lowest BCUT2D eigenvalue weighted by molar-refractivity contribution is -0.229. The minimum atomic E-state index is -5.07. The van der Waals surface area contributed by atoms with Gasteiger partial charge in [-0.15, -0.1) is 0 Å². The molecule has 30 heavy (non-hydrogen) atoms. The molecule has 1 aromatic carbocycles. The molecule has 2 amide bonds. The van der Waals surface area contributed by atoms with Crippen LogP contribution in [0.1, 0.15) is 26.3 Å². The van der Waals surface area contributed by atoms with E-state index in [1.807, 2.05) is 5.32 Å². The molecule has 0 heterocycles. The van der Waals surface area contributed by atoms with Crippen molar-refractivity contribution in [3.63, 3.8) is 0 Å². The standard InChI is InChI=1S/C18H23F3N2O7/c1-17(2,3)30-16(27)22-12(13(24)25)10-28-14(18(19,20)21)23-15(26)29-9-11-7-5-4-6-8-11/h4-8,12,14H,9-10H2,1-3H3,(H,22,27)(H,23,26)(H,24,25)/t12-,14?/m0/s1. The lowest BCUT2D eigenvalue weighted by Crippen LogP contribution is -2.51. The number of alkyl halides is 3. The van der Waals surface area contributed by atoms with Gasteiger partial charge in [0, 0.05) is 0 Å². The maximum absolute atomic E-state index is 13.1. The van der Waals surface area contributed by atoms with Crippen molar-refractivity contribution in [3.8, 4) is 0 Å². The number of alkyl carbamates (subject to hydrolysis) is 2. The van der Waals surface area contributed by atoms with Crippen LogP contribution >= 0.6 is 0 Å². The van der Waals surface area contributed by atoms with Crippen molar-refractivity contribution in [2.75, 3.05) is 6.61 Å². The quantitative estimate of drug-likeness (QED) is 0.536. The number of carbonyl (C=O) groups is 3. The van der Waals surface area contributed by atoms with E-state index in [4.69, 9.17) is 14.6 Å². The van der Waals surface area contributed by atoms with Gasteiger partial charge in [0.2, 0.25) is 6.23 Å². The summed E-state index contributed by atoms with van der Waals surface area (Å²) >= 11 is 0. The first-order valence-electron chi connectivity index (χ1n) is 8.66. The van der Waals surface area contributed by atoms with Crippen LogP contribution in [0.2, 0.25) is 0 Å². The molecular weight excluding hydrogens is 413 g/mol. The van der Waals surface area contributed by atoms with Crippen molar-refractivity contribution >= 4 is 18.2 Å². The summed E-state index contributed by atoms with van der Waals surface area (Å²) in [6.45, 7) is 3.17. The zero-order valence-corrected chi connectivity index (χ0v) is 16.5. The van der Waals surface area contributed by atoms with Crippen LogP contribution in [0.15, 0.2) is 30.3 Å². The van der Waals surface area contributed by atoms with Gasteiger partial charge in [-0.1, -0.05) is 30.3 Å². The van der Waals surface area contributed by atoms with Crippen LogP contribution in [-0.2, 0) is 25.6 Å². The summed E-state index contributed by atoms with van der Waals surface area (Å²) in [6, 6.07) is 6.37. The Kier molecular flexibility index (Phi) is 8.90. The van der Waals surface area contributed by atoms with Gasteiger partial charge in [-0.05, 0) is 26.3 Å². The summed E-state index contributed by atoms with van der Waals surface area (Å²) < 4.78 is 53.4. The summed E-state index contributed by atoms with van der Waals surface area (Å²) in [7, 11) is 0. The molecule has 0 spiro atoms. The van der Waals surface area contributed by atoms with Gasteiger partial charge >= 0.3 is 24.3 Å². The number of carboxylic acids is 1. The number of ether oxygens (including phenoxy) is 3. The molecule has 0 aliphatic carbocycles. The van der Waals surface area contributed by atoms with Crippen LogP contribution in [0, 0.1) is 0 Å². The fourth-order valence-corrected chi connectivity index (χ4v) is 1.91. The molecule has 0 saturated carbocycles. The van der Waals surface area contributed by atoms with Crippen LogP contribution in [0.4, 0.5) is 22.8 Å². The topological polar surface area (TPSA) is 123 Å². The van der Waals surface area contributed by atoms with Gasteiger partial charge < -0.3 is 24.6 Å². The third-order valence-electron chi connectivity index (χ3n) is 3.18. The van der Waals surface area contributed by atoms with E-state index in [9.17, 15) is 27.6 Å². The Morgan fingerprint density at radius 2 is 1.63 bits per heavy atom. The molecule has 1 unspecified atom stereocenters. The van der Waals surface area contributed by atoms with E-state index in [0.717, 1.165) is 0 Å². The fraction of sp³-hybridized carbons (Fsp3) is 0.500. The Morgan fingerprint density at radius 1 is 1.03 bits per heavy atom. The average Bonchev–Trinajstić information content (AvgIpc) is 2.60. The number of halogens is 3. The molecule has 0 aromatic heterocycles. The monoisotopic (exact) mass is 436 g/mol. The van der Waals surface area contributed by atoms with Crippen molar-refractivity contribution in [3.05, 3.63) is 35.9 Å². The number of hydrogen-bond acceptors (Lipinski definition) is 6. The zero-order chi connectivity index (χ0) is 22.9. The van der Waals surface area contributed by atoms with Crippen LogP contribution < -0.4 is 10.6 Å². The summed E-state index contributed by atoms with van der Waals surface area (Å²) in [5.41, 5.74) is -0.406. The highest BCUT2D eigenvalue weighted by Gasteiger charge is 2.43. The van der Waals surface area contributed by atoms with Gasteiger partial charge in [0.1, 0.15) is 12.2 Å². The van der Waals surface area contributed by atoms with Crippen molar-refractivity contribution < 1.29 is 46.9 Å². The Balaban J connectivity index is 2.66. The SMILES string of the molecule is CC(C)(C)OC(=O)N[C@@H](COC(NC(=O)OCc1ccccc1)C(F)(F)F)C(=O)O. The predicted molar refractivity (Wildman–Crippen MR) is 96.4 cm³/mol. The number of carbonyl (C=O) groups excluding carboxylic acids is 2.